The molecule has 4 N–H and O–H groups in total. The highest BCUT2D eigenvalue weighted by atomic mass is 32.2. The summed E-state index contributed by atoms with van der Waals surface area (Å²) in [6.45, 7) is 4.18. The predicted octanol–water partition coefficient (Wildman–Crippen LogP) is 2.14. The van der Waals surface area contributed by atoms with E-state index in [4.69, 9.17) is 9.84 Å². The fraction of sp³-hybridized carbons (Fsp3) is 0.348. The predicted molar refractivity (Wildman–Crippen MR) is 128 cm³/mol. The Balaban J connectivity index is 1.89. The van der Waals surface area contributed by atoms with Gasteiger partial charge in [0.15, 0.2) is 9.84 Å². The van der Waals surface area contributed by atoms with Gasteiger partial charge < -0.3 is 25.8 Å². The number of sulfone groups is 1. The van der Waals surface area contributed by atoms with E-state index in [0.717, 1.165) is 0 Å². The number of carbonyl (C=O) groups excluding carboxylic acids is 2. The number of hydrogen-bond acceptors (Lipinski definition) is 8. The number of anilines is 2. The fourth-order valence-electron chi connectivity index (χ4n) is 2.97. The van der Waals surface area contributed by atoms with Crippen LogP contribution in [-0.4, -0.2) is 62.9 Å². The lowest BCUT2D eigenvalue weighted by atomic mass is 10.1. The van der Waals surface area contributed by atoms with Crippen LogP contribution in [-0.2, 0) is 24.2 Å². The molecule has 0 bridgehead atoms. The van der Waals surface area contributed by atoms with Crippen LogP contribution >= 0.6 is 0 Å². The summed E-state index contributed by atoms with van der Waals surface area (Å²) in [6.07, 6.45) is -0.420. The molecular formula is C23H29N3O7S. The maximum absolute atomic E-state index is 12.6. The number of hydrogen-bond donors (Lipinski definition) is 4. The van der Waals surface area contributed by atoms with Crippen molar-refractivity contribution in [3.05, 3.63) is 54.1 Å². The van der Waals surface area contributed by atoms with Crippen LogP contribution in [0.1, 0.15) is 30.6 Å². The molecular weight excluding hydrogens is 462 g/mol. The molecule has 184 valence electrons. The smallest absolute Gasteiger partial charge is 0.338 e. The fourth-order valence-corrected chi connectivity index (χ4v) is 3.85. The second-order valence-corrected chi connectivity index (χ2v) is 9.52. The Bertz CT molecular complexity index is 1080. The molecule has 0 heterocycles. The number of rotatable bonds is 13. The van der Waals surface area contributed by atoms with Crippen molar-refractivity contribution in [3.8, 4) is 0 Å². The summed E-state index contributed by atoms with van der Waals surface area (Å²) < 4.78 is 28.6. The van der Waals surface area contributed by atoms with Gasteiger partial charge in [0.1, 0.15) is 0 Å². The highest BCUT2D eigenvalue weighted by molar-refractivity contribution is 7.91. The van der Waals surface area contributed by atoms with Crippen molar-refractivity contribution in [2.75, 3.05) is 36.1 Å². The number of benzene rings is 2. The Morgan fingerprint density at radius 1 is 0.941 bits per heavy atom. The molecule has 0 fully saturated rings. The normalized spacial score (nSPS) is 11.9. The Morgan fingerprint density at radius 3 is 2.12 bits per heavy atom. The van der Waals surface area contributed by atoms with E-state index in [9.17, 15) is 22.8 Å². The van der Waals surface area contributed by atoms with Crippen LogP contribution in [0.5, 0.6) is 0 Å². The number of amides is 1. The molecule has 2 rings (SSSR count). The van der Waals surface area contributed by atoms with Gasteiger partial charge in [0.05, 0.1) is 35.3 Å². The summed E-state index contributed by atoms with van der Waals surface area (Å²) in [6, 6.07) is 11.4. The zero-order valence-corrected chi connectivity index (χ0v) is 19.9. The summed E-state index contributed by atoms with van der Waals surface area (Å²) >= 11 is 0. The van der Waals surface area contributed by atoms with Gasteiger partial charge in [0.2, 0.25) is 5.91 Å². The van der Waals surface area contributed by atoms with E-state index in [0.29, 0.717) is 23.5 Å². The third-order valence-corrected chi connectivity index (χ3v) is 6.55. The second kappa shape index (κ2) is 12.7. The first-order valence-electron chi connectivity index (χ1n) is 10.8. The SMILES string of the molecule is CCOC(=O)c1ccc(NC(=O)[C@H](CC(=O)O)NCCNc2ccc(S(=O)(=O)CC)cc2)cc1. The standard InChI is InChI=1S/C23H29N3O7S/c1-3-33-23(30)16-5-7-18(8-6-16)26-22(29)20(15-21(27)28)25-14-13-24-17-9-11-19(12-10-17)34(31,32)4-2/h5-12,20,24-25H,3-4,13-15H2,1-2H3,(H,26,29)(H,27,28)/t20-/m0/s1. The molecule has 11 heteroatoms. The minimum atomic E-state index is -3.27. The zero-order chi connectivity index (χ0) is 25.1. The van der Waals surface area contributed by atoms with E-state index < -0.39 is 40.1 Å². The van der Waals surface area contributed by atoms with E-state index in [1.54, 1.807) is 26.0 Å². The minimum absolute atomic E-state index is 0.0201. The molecule has 0 radical (unpaired) electrons. The summed E-state index contributed by atoms with van der Waals surface area (Å²) in [5.41, 5.74) is 1.44. The Kier molecular flexibility index (Phi) is 10.0. The third-order valence-electron chi connectivity index (χ3n) is 4.80. The van der Waals surface area contributed by atoms with Crippen molar-refractivity contribution in [3.63, 3.8) is 0 Å². The zero-order valence-electron chi connectivity index (χ0n) is 19.0. The number of ether oxygens (including phenoxy) is 1. The van der Waals surface area contributed by atoms with Crippen molar-refractivity contribution in [2.24, 2.45) is 0 Å². The van der Waals surface area contributed by atoms with Crippen LogP contribution in [0.15, 0.2) is 53.4 Å². The monoisotopic (exact) mass is 491 g/mol. The molecule has 34 heavy (non-hydrogen) atoms. The van der Waals surface area contributed by atoms with Gasteiger partial charge in [-0.2, -0.15) is 0 Å². The van der Waals surface area contributed by atoms with E-state index in [1.165, 1.54) is 36.4 Å². The van der Waals surface area contributed by atoms with Crippen LogP contribution in [0.2, 0.25) is 0 Å². The highest BCUT2D eigenvalue weighted by Gasteiger charge is 2.21. The number of carbonyl (C=O) groups is 3. The number of carboxylic acid groups (broad SMARTS) is 1. The van der Waals surface area contributed by atoms with Gasteiger partial charge in [-0.1, -0.05) is 6.92 Å². The molecule has 0 aliphatic rings. The lowest BCUT2D eigenvalue weighted by molar-refractivity contribution is -0.139. The summed E-state index contributed by atoms with van der Waals surface area (Å²) in [7, 11) is -3.27. The molecule has 1 amide bonds. The molecule has 1 atom stereocenters. The summed E-state index contributed by atoms with van der Waals surface area (Å²) in [4.78, 5) is 35.7. The number of esters is 1. The average molecular weight is 492 g/mol. The van der Waals surface area contributed by atoms with Gasteiger partial charge in [-0.05, 0) is 55.5 Å². The molecule has 0 aromatic heterocycles. The molecule has 0 unspecified atom stereocenters. The maximum atomic E-state index is 12.6. The van der Waals surface area contributed by atoms with Crippen LogP contribution in [0.25, 0.3) is 0 Å². The number of carboxylic acids is 1. The van der Waals surface area contributed by atoms with Gasteiger partial charge >= 0.3 is 11.9 Å². The first kappa shape index (κ1) is 26.8. The molecule has 0 saturated carbocycles. The average Bonchev–Trinajstić information content (AvgIpc) is 2.81. The van der Waals surface area contributed by atoms with Crippen molar-refractivity contribution < 1.29 is 32.6 Å². The molecule has 0 spiro atoms. The first-order chi connectivity index (χ1) is 16.2. The van der Waals surface area contributed by atoms with Crippen molar-refractivity contribution in [1.29, 1.82) is 0 Å². The number of aliphatic carboxylic acids is 1. The van der Waals surface area contributed by atoms with E-state index in [2.05, 4.69) is 16.0 Å². The van der Waals surface area contributed by atoms with Gasteiger partial charge in [-0.15, -0.1) is 0 Å². The van der Waals surface area contributed by atoms with E-state index >= 15 is 0 Å². The van der Waals surface area contributed by atoms with Gasteiger partial charge in [0, 0.05) is 24.5 Å². The Labute approximate surface area is 198 Å². The molecule has 0 saturated heterocycles. The van der Waals surface area contributed by atoms with Crippen molar-refractivity contribution >= 4 is 39.1 Å². The van der Waals surface area contributed by atoms with E-state index in [1.807, 2.05) is 0 Å². The maximum Gasteiger partial charge on any atom is 0.338 e. The van der Waals surface area contributed by atoms with Crippen molar-refractivity contribution in [1.82, 2.24) is 5.32 Å². The third kappa shape index (κ3) is 8.16. The Morgan fingerprint density at radius 2 is 1.56 bits per heavy atom. The van der Waals surface area contributed by atoms with Crippen LogP contribution < -0.4 is 16.0 Å². The largest absolute Gasteiger partial charge is 0.481 e. The first-order valence-corrected chi connectivity index (χ1v) is 12.4. The summed E-state index contributed by atoms with van der Waals surface area (Å²) in [5, 5.41) is 17.8. The highest BCUT2D eigenvalue weighted by Crippen LogP contribution is 2.15. The van der Waals surface area contributed by atoms with Crippen LogP contribution in [0.3, 0.4) is 0 Å². The van der Waals surface area contributed by atoms with E-state index in [-0.39, 0.29) is 23.8 Å². The van der Waals surface area contributed by atoms with Crippen LogP contribution in [0, 0.1) is 0 Å². The molecule has 2 aromatic rings. The minimum Gasteiger partial charge on any atom is -0.481 e. The molecule has 0 aliphatic heterocycles. The lowest BCUT2D eigenvalue weighted by Gasteiger charge is -2.17. The molecule has 2 aromatic carbocycles. The van der Waals surface area contributed by atoms with Gasteiger partial charge in [0.25, 0.3) is 0 Å². The quantitative estimate of drug-likeness (QED) is 0.244. The molecule has 0 aliphatic carbocycles. The van der Waals surface area contributed by atoms with Gasteiger partial charge in [-0.25, -0.2) is 13.2 Å². The second-order valence-electron chi connectivity index (χ2n) is 7.25. The molecule has 10 nitrogen and oxygen atoms in total. The topological polar surface area (TPSA) is 151 Å². The number of nitrogens with one attached hydrogen (secondary N) is 3. The van der Waals surface area contributed by atoms with Gasteiger partial charge in [-0.3, -0.25) is 9.59 Å². The van der Waals surface area contributed by atoms with Crippen LogP contribution in [0.4, 0.5) is 11.4 Å². The Hall–Kier alpha value is -3.44. The summed E-state index contributed by atoms with van der Waals surface area (Å²) in [5.74, 6) is -2.11. The van der Waals surface area contributed by atoms with Crippen molar-refractivity contribution in [2.45, 2.75) is 31.2 Å². The lowest BCUT2D eigenvalue weighted by Crippen LogP contribution is -2.43.